The highest BCUT2D eigenvalue weighted by Crippen LogP contribution is 2.25. The van der Waals surface area contributed by atoms with E-state index in [2.05, 4.69) is 25.7 Å². The van der Waals surface area contributed by atoms with Crippen molar-refractivity contribution in [2.75, 3.05) is 6.54 Å². The summed E-state index contributed by atoms with van der Waals surface area (Å²) in [6.45, 7) is 7.95. The molecule has 3 nitrogen and oxygen atoms in total. The number of amidine groups is 1. The Balaban J connectivity index is 2.52. The second-order valence-electron chi connectivity index (χ2n) is 4.68. The van der Waals surface area contributed by atoms with Gasteiger partial charge in [0, 0.05) is 18.5 Å². The van der Waals surface area contributed by atoms with E-state index in [4.69, 9.17) is 11.1 Å². The molecule has 3 heteroatoms. The van der Waals surface area contributed by atoms with Crippen molar-refractivity contribution in [3.05, 3.63) is 0 Å². The van der Waals surface area contributed by atoms with E-state index in [1.165, 1.54) is 19.4 Å². The Kier molecular flexibility index (Phi) is 3.93. The average molecular weight is 197 g/mol. The number of piperidine rings is 1. The van der Waals surface area contributed by atoms with Crippen molar-refractivity contribution in [3.63, 3.8) is 0 Å². The van der Waals surface area contributed by atoms with Crippen LogP contribution >= 0.6 is 0 Å². The van der Waals surface area contributed by atoms with Crippen molar-refractivity contribution in [1.82, 2.24) is 4.90 Å². The first-order valence-electron chi connectivity index (χ1n) is 5.61. The normalized spacial score (nSPS) is 31.4. The van der Waals surface area contributed by atoms with Gasteiger partial charge in [-0.3, -0.25) is 10.3 Å². The van der Waals surface area contributed by atoms with Crippen LogP contribution in [0.2, 0.25) is 0 Å². The molecule has 1 saturated heterocycles. The molecule has 0 aliphatic carbocycles. The van der Waals surface area contributed by atoms with Crippen molar-refractivity contribution in [2.45, 2.75) is 52.1 Å². The molecular formula is C11H23N3. The molecule has 3 unspecified atom stereocenters. The first-order chi connectivity index (χ1) is 6.52. The Morgan fingerprint density at radius 3 is 2.79 bits per heavy atom. The zero-order valence-electron chi connectivity index (χ0n) is 9.59. The fraction of sp³-hybridized carbons (Fsp3) is 0.909. The van der Waals surface area contributed by atoms with Crippen LogP contribution in [-0.2, 0) is 0 Å². The molecule has 0 aromatic heterocycles. The van der Waals surface area contributed by atoms with Crippen LogP contribution in [0.15, 0.2) is 0 Å². The van der Waals surface area contributed by atoms with Gasteiger partial charge in [-0.2, -0.15) is 0 Å². The minimum atomic E-state index is 0.308. The van der Waals surface area contributed by atoms with E-state index < -0.39 is 0 Å². The molecule has 1 rings (SSSR count). The molecule has 0 saturated carbocycles. The van der Waals surface area contributed by atoms with Gasteiger partial charge in [-0.05, 0) is 39.2 Å². The average Bonchev–Trinajstić information content (AvgIpc) is 2.08. The van der Waals surface area contributed by atoms with Crippen LogP contribution in [0.3, 0.4) is 0 Å². The summed E-state index contributed by atoms with van der Waals surface area (Å²) in [7, 11) is 0. The minimum absolute atomic E-state index is 0.308. The van der Waals surface area contributed by atoms with Crippen molar-refractivity contribution in [3.8, 4) is 0 Å². The summed E-state index contributed by atoms with van der Waals surface area (Å²) in [5, 5.41) is 7.31. The van der Waals surface area contributed by atoms with Gasteiger partial charge in [-0.1, -0.05) is 6.92 Å². The SMILES string of the molecule is CC1CCCN(C(C)CC(=N)N)C1C. The summed E-state index contributed by atoms with van der Waals surface area (Å²) < 4.78 is 0. The third-order valence-electron chi connectivity index (χ3n) is 3.50. The predicted octanol–water partition coefficient (Wildman–Crippen LogP) is 1.82. The summed E-state index contributed by atoms with van der Waals surface area (Å²) in [4.78, 5) is 2.50. The minimum Gasteiger partial charge on any atom is -0.388 e. The van der Waals surface area contributed by atoms with Crippen molar-refractivity contribution in [2.24, 2.45) is 11.7 Å². The maximum absolute atomic E-state index is 7.31. The third-order valence-corrected chi connectivity index (χ3v) is 3.50. The van der Waals surface area contributed by atoms with Gasteiger partial charge < -0.3 is 5.73 Å². The predicted molar refractivity (Wildman–Crippen MR) is 60.6 cm³/mol. The fourth-order valence-corrected chi connectivity index (χ4v) is 2.42. The molecule has 82 valence electrons. The fourth-order valence-electron chi connectivity index (χ4n) is 2.42. The zero-order chi connectivity index (χ0) is 10.7. The lowest BCUT2D eigenvalue weighted by Gasteiger charge is -2.41. The van der Waals surface area contributed by atoms with Gasteiger partial charge in [0.2, 0.25) is 0 Å². The third kappa shape index (κ3) is 2.71. The molecule has 1 heterocycles. The van der Waals surface area contributed by atoms with Gasteiger partial charge in [0.25, 0.3) is 0 Å². The maximum atomic E-state index is 7.31. The summed E-state index contributed by atoms with van der Waals surface area (Å²) in [6.07, 6.45) is 3.33. The molecule has 3 N–H and O–H groups in total. The van der Waals surface area contributed by atoms with Crippen molar-refractivity contribution >= 4 is 5.84 Å². The van der Waals surface area contributed by atoms with E-state index >= 15 is 0 Å². The molecule has 14 heavy (non-hydrogen) atoms. The van der Waals surface area contributed by atoms with Crippen molar-refractivity contribution in [1.29, 1.82) is 5.41 Å². The maximum Gasteiger partial charge on any atom is 0.0920 e. The molecule has 0 amide bonds. The second kappa shape index (κ2) is 4.78. The monoisotopic (exact) mass is 197 g/mol. The summed E-state index contributed by atoms with van der Waals surface area (Å²) >= 11 is 0. The standard InChI is InChI=1S/C11H23N3/c1-8-5-4-6-14(10(8)3)9(2)7-11(12)13/h8-10H,4-7H2,1-3H3,(H3,12,13). The Hall–Kier alpha value is -0.570. The lowest BCUT2D eigenvalue weighted by atomic mass is 9.90. The summed E-state index contributed by atoms with van der Waals surface area (Å²) in [5.74, 6) is 1.08. The topological polar surface area (TPSA) is 53.1 Å². The van der Waals surface area contributed by atoms with E-state index in [0.717, 1.165) is 5.92 Å². The molecule has 0 radical (unpaired) electrons. The van der Waals surface area contributed by atoms with Crippen LogP contribution in [0.1, 0.15) is 40.0 Å². The molecule has 0 aromatic carbocycles. The van der Waals surface area contributed by atoms with Gasteiger partial charge in [0.15, 0.2) is 0 Å². The second-order valence-corrected chi connectivity index (χ2v) is 4.68. The number of hydrogen-bond donors (Lipinski definition) is 2. The number of rotatable bonds is 3. The van der Waals surface area contributed by atoms with E-state index in [9.17, 15) is 0 Å². The van der Waals surface area contributed by atoms with Gasteiger partial charge in [0.05, 0.1) is 5.84 Å². The summed E-state index contributed by atoms with van der Waals surface area (Å²) in [5.41, 5.74) is 5.44. The highest BCUT2D eigenvalue weighted by Gasteiger charge is 2.28. The Bertz CT molecular complexity index is 203. The molecule has 0 aromatic rings. The molecule has 0 bridgehead atoms. The Morgan fingerprint density at radius 2 is 2.21 bits per heavy atom. The first kappa shape index (κ1) is 11.5. The van der Waals surface area contributed by atoms with Crippen LogP contribution in [0.4, 0.5) is 0 Å². The van der Waals surface area contributed by atoms with E-state index in [-0.39, 0.29) is 0 Å². The first-order valence-corrected chi connectivity index (χ1v) is 5.61. The van der Waals surface area contributed by atoms with Gasteiger partial charge in [-0.15, -0.1) is 0 Å². The molecular weight excluding hydrogens is 174 g/mol. The molecule has 1 aliphatic heterocycles. The number of nitrogens with zero attached hydrogens (tertiary/aromatic N) is 1. The number of likely N-dealkylation sites (tertiary alicyclic amines) is 1. The number of hydrogen-bond acceptors (Lipinski definition) is 2. The quantitative estimate of drug-likeness (QED) is 0.535. The van der Waals surface area contributed by atoms with Crippen LogP contribution in [0.25, 0.3) is 0 Å². The molecule has 3 atom stereocenters. The molecule has 1 fully saturated rings. The lowest BCUT2D eigenvalue weighted by molar-refractivity contribution is 0.0782. The van der Waals surface area contributed by atoms with E-state index in [0.29, 0.717) is 24.3 Å². The summed E-state index contributed by atoms with van der Waals surface area (Å²) in [6, 6.07) is 1.06. The van der Waals surface area contributed by atoms with Crippen LogP contribution in [-0.4, -0.2) is 29.4 Å². The highest BCUT2D eigenvalue weighted by molar-refractivity contribution is 5.77. The van der Waals surface area contributed by atoms with Crippen molar-refractivity contribution < 1.29 is 0 Å². The molecule has 0 spiro atoms. The Morgan fingerprint density at radius 1 is 1.57 bits per heavy atom. The van der Waals surface area contributed by atoms with E-state index in [1.54, 1.807) is 0 Å². The van der Waals surface area contributed by atoms with Gasteiger partial charge >= 0.3 is 0 Å². The smallest absolute Gasteiger partial charge is 0.0920 e. The van der Waals surface area contributed by atoms with E-state index in [1.807, 2.05) is 0 Å². The highest BCUT2D eigenvalue weighted by atomic mass is 15.2. The number of nitrogens with one attached hydrogen (secondary N) is 1. The van der Waals surface area contributed by atoms with Crippen LogP contribution in [0, 0.1) is 11.3 Å². The van der Waals surface area contributed by atoms with Crippen LogP contribution < -0.4 is 5.73 Å². The lowest BCUT2D eigenvalue weighted by Crippen LogP contribution is -2.48. The van der Waals surface area contributed by atoms with Gasteiger partial charge in [-0.25, -0.2) is 0 Å². The largest absolute Gasteiger partial charge is 0.388 e. The molecule has 1 aliphatic rings. The number of nitrogens with two attached hydrogens (primary N) is 1. The zero-order valence-corrected chi connectivity index (χ0v) is 9.59. The van der Waals surface area contributed by atoms with Gasteiger partial charge in [0.1, 0.15) is 0 Å². The Labute approximate surface area is 87.2 Å². The van der Waals surface area contributed by atoms with Crippen LogP contribution in [0.5, 0.6) is 0 Å².